The fraction of sp³-hybridized carbons (Fsp3) is 0.300. The first kappa shape index (κ1) is 13.2. The number of hydrogen-bond donors (Lipinski definition) is 0. The van der Waals surface area contributed by atoms with Gasteiger partial charge in [0.1, 0.15) is 12.4 Å². The number of esters is 1. The summed E-state index contributed by atoms with van der Waals surface area (Å²) in [6.07, 6.45) is 0. The van der Waals surface area contributed by atoms with Crippen LogP contribution in [0.1, 0.15) is 21.5 Å². The van der Waals surface area contributed by atoms with Gasteiger partial charge in [0.25, 0.3) is 0 Å². The summed E-state index contributed by atoms with van der Waals surface area (Å²) in [5.41, 5.74) is 1.61. The first-order valence-corrected chi connectivity index (χ1v) is 4.19. The molecule has 0 aromatic heterocycles. The maximum Gasteiger partial charge on any atom is 1.00 e. The summed E-state index contributed by atoms with van der Waals surface area (Å²) in [7, 11) is 1.49. The number of hydrogen-bond acceptors (Lipinski definition) is 4. The van der Waals surface area contributed by atoms with Crippen molar-refractivity contribution in [3.8, 4) is 11.5 Å². The van der Waals surface area contributed by atoms with Crippen LogP contribution < -0.4 is 68.0 Å². The van der Waals surface area contributed by atoms with Crippen LogP contribution in [0.3, 0.4) is 0 Å². The van der Waals surface area contributed by atoms with Crippen LogP contribution >= 0.6 is 0 Å². The average Bonchev–Trinajstić information content (AvgIpc) is 2.54. The number of carbonyl (C=O) groups is 1. The Morgan fingerprint density at radius 2 is 2.20 bits per heavy atom. The van der Waals surface area contributed by atoms with E-state index in [4.69, 9.17) is 9.47 Å². The number of benzene rings is 1. The molecule has 0 fully saturated rings. The maximum absolute atomic E-state index is 11.5. The number of ether oxygens (including phenoxy) is 2. The zero-order valence-electron chi connectivity index (χ0n) is 8.92. The van der Waals surface area contributed by atoms with Gasteiger partial charge in [0.05, 0.1) is 12.7 Å². The molecule has 0 atom stereocenters. The Morgan fingerprint density at radius 3 is 2.80 bits per heavy atom. The van der Waals surface area contributed by atoms with Crippen LogP contribution in [-0.2, 0) is 11.3 Å². The summed E-state index contributed by atoms with van der Waals surface area (Å²) >= 11 is 0. The van der Waals surface area contributed by atoms with E-state index in [9.17, 15) is 9.90 Å². The van der Waals surface area contributed by atoms with Crippen LogP contribution in [-0.4, -0.2) is 13.1 Å². The fourth-order valence-electron chi connectivity index (χ4n) is 1.61. The second-order valence-electron chi connectivity index (χ2n) is 3.13. The van der Waals surface area contributed by atoms with Crippen LogP contribution in [0.2, 0.25) is 0 Å². The molecule has 1 heterocycles. The van der Waals surface area contributed by atoms with Gasteiger partial charge in [-0.25, -0.2) is 4.79 Å². The minimum atomic E-state index is -0.532. The summed E-state index contributed by atoms with van der Waals surface area (Å²) in [4.78, 5) is 11.2. The normalized spacial score (nSPS) is 12.8. The molecule has 0 amide bonds. The SMILES string of the molecule is COc1cc([O-])c2c(c1C)COC2=O.[Rb+]. The van der Waals surface area contributed by atoms with Gasteiger partial charge in [-0.15, -0.1) is 0 Å². The van der Waals surface area contributed by atoms with Gasteiger partial charge in [0.2, 0.25) is 0 Å². The molecule has 0 bridgehead atoms. The van der Waals surface area contributed by atoms with E-state index in [1.807, 2.05) is 0 Å². The van der Waals surface area contributed by atoms with Crippen molar-refractivity contribution in [2.45, 2.75) is 13.5 Å². The molecule has 4 nitrogen and oxygen atoms in total. The van der Waals surface area contributed by atoms with E-state index in [1.54, 1.807) is 6.92 Å². The third-order valence-electron chi connectivity index (χ3n) is 2.40. The van der Waals surface area contributed by atoms with Crippen molar-refractivity contribution < 1.29 is 77.6 Å². The third-order valence-corrected chi connectivity index (χ3v) is 2.40. The first-order chi connectivity index (χ1) is 6.65. The predicted octanol–water partition coefficient (Wildman–Crippen LogP) is -2.25. The van der Waals surface area contributed by atoms with E-state index >= 15 is 0 Å². The molecule has 0 unspecified atom stereocenters. The molecule has 1 aromatic carbocycles. The Kier molecular flexibility index (Phi) is 4.34. The average molecular weight is 279 g/mol. The predicted molar refractivity (Wildman–Crippen MR) is 46.3 cm³/mol. The number of cyclic esters (lactones) is 1. The van der Waals surface area contributed by atoms with Crippen molar-refractivity contribution in [3.63, 3.8) is 0 Å². The third kappa shape index (κ3) is 2.13. The van der Waals surface area contributed by atoms with Crippen LogP contribution in [0, 0.1) is 6.92 Å². The number of rotatable bonds is 1. The Hall–Kier alpha value is 0.0952. The fourth-order valence-corrected chi connectivity index (χ4v) is 1.61. The molecule has 0 saturated heterocycles. The van der Waals surface area contributed by atoms with Crippen molar-refractivity contribution in [1.29, 1.82) is 0 Å². The van der Waals surface area contributed by atoms with E-state index in [0.717, 1.165) is 5.56 Å². The minimum absolute atomic E-state index is 0. The molecular weight excluding hydrogens is 270 g/mol. The largest absolute Gasteiger partial charge is 1.00 e. The standard InChI is InChI=1S/C10H10O4.Rb/c1-5-6-4-14-10(12)9(6)7(11)3-8(5)13-2;/h3,11H,4H2,1-2H3;/q;+1/p-1. The van der Waals surface area contributed by atoms with Crippen LogP contribution in [0.15, 0.2) is 6.07 Å². The van der Waals surface area contributed by atoms with E-state index in [-0.39, 0.29) is 76.1 Å². The van der Waals surface area contributed by atoms with E-state index < -0.39 is 5.97 Å². The smallest absolute Gasteiger partial charge is 0.872 e. The monoisotopic (exact) mass is 278 g/mol. The van der Waals surface area contributed by atoms with Gasteiger partial charge in [-0.2, -0.15) is 0 Å². The summed E-state index contributed by atoms with van der Waals surface area (Å²) in [6, 6.07) is 1.32. The molecule has 0 radical (unpaired) electrons. The van der Waals surface area contributed by atoms with Crippen molar-refractivity contribution in [1.82, 2.24) is 0 Å². The van der Waals surface area contributed by atoms with E-state index in [0.29, 0.717) is 11.3 Å². The van der Waals surface area contributed by atoms with Gasteiger partial charge in [0, 0.05) is 5.56 Å². The second-order valence-corrected chi connectivity index (χ2v) is 3.13. The Bertz CT molecular complexity index is 414. The topological polar surface area (TPSA) is 58.6 Å². The molecule has 1 aliphatic heterocycles. The Labute approximate surface area is 136 Å². The summed E-state index contributed by atoms with van der Waals surface area (Å²) in [5.74, 6) is -0.354. The Balaban J connectivity index is 0.00000112. The van der Waals surface area contributed by atoms with E-state index in [2.05, 4.69) is 0 Å². The molecule has 5 heteroatoms. The minimum Gasteiger partial charge on any atom is -0.872 e. The molecule has 0 spiro atoms. The molecule has 2 rings (SSSR count). The summed E-state index contributed by atoms with van der Waals surface area (Å²) in [6.45, 7) is 1.98. The molecule has 0 N–H and O–H groups in total. The molecule has 0 aliphatic carbocycles. The first-order valence-electron chi connectivity index (χ1n) is 4.19. The van der Waals surface area contributed by atoms with Crippen molar-refractivity contribution in [2.75, 3.05) is 7.11 Å². The molecule has 0 saturated carbocycles. The number of methoxy groups -OCH3 is 1. The van der Waals surface area contributed by atoms with Crippen molar-refractivity contribution >= 4 is 5.97 Å². The van der Waals surface area contributed by atoms with Gasteiger partial charge in [0.15, 0.2) is 0 Å². The van der Waals surface area contributed by atoms with Crippen molar-refractivity contribution in [2.24, 2.45) is 0 Å². The van der Waals surface area contributed by atoms with Gasteiger partial charge in [-0.05, 0) is 18.6 Å². The molecule has 1 aromatic rings. The Morgan fingerprint density at radius 1 is 1.53 bits per heavy atom. The molecule has 1 aliphatic rings. The van der Waals surface area contributed by atoms with Gasteiger partial charge in [-0.1, -0.05) is 5.75 Å². The summed E-state index contributed by atoms with van der Waals surface area (Å²) < 4.78 is 9.81. The zero-order valence-corrected chi connectivity index (χ0v) is 13.8. The van der Waals surface area contributed by atoms with Gasteiger partial charge >= 0.3 is 64.2 Å². The van der Waals surface area contributed by atoms with Crippen LogP contribution in [0.5, 0.6) is 11.5 Å². The van der Waals surface area contributed by atoms with Gasteiger partial charge in [-0.3, -0.25) is 0 Å². The summed E-state index contributed by atoms with van der Waals surface area (Å²) in [5, 5.41) is 11.5. The number of fused-ring (bicyclic) bond motifs is 1. The van der Waals surface area contributed by atoms with Crippen LogP contribution in [0.4, 0.5) is 0 Å². The zero-order chi connectivity index (χ0) is 10.3. The second kappa shape index (κ2) is 4.95. The molecular formula is C10H9O4Rb. The van der Waals surface area contributed by atoms with Gasteiger partial charge < -0.3 is 14.6 Å². The quantitative estimate of drug-likeness (QED) is 0.545. The van der Waals surface area contributed by atoms with Crippen LogP contribution in [0.25, 0.3) is 0 Å². The van der Waals surface area contributed by atoms with Crippen molar-refractivity contribution in [3.05, 3.63) is 22.8 Å². The number of carbonyl (C=O) groups excluding carboxylic acids is 1. The maximum atomic E-state index is 11.5. The molecule has 15 heavy (non-hydrogen) atoms. The van der Waals surface area contributed by atoms with E-state index in [1.165, 1.54) is 13.2 Å². The molecule has 74 valence electrons.